The van der Waals surface area contributed by atoms with Crippen LogP contribution in [0.2, 0.25) is 0 Å². The minimum atomic E-state index is -1.02. The highest BCUT2D eigenvalue weighted by Gasteiger charge is 2.27. The molecule has 0 spiro atoms. The predicted octanol–water partition coefficient (Wildman–Crippen LogP) is 3.00. The summed E-state index contributed by atoms with van der Waals surface area (Å²) in [5.74, 6) is -1.06. The van der Waals surface area contributed by atoms with Crippen LogP contribution in [0.4, 0.5) is 0 Å². The van der Waals surface area contributed by atoms with Crippen molar-refractivity contribution in [3.8, 4) is 5.75 Å². The van der Waals surface area contributed by atoms with Crippen LogP contribution in [-0.2, 0) is 14.3 Å². The Hall–Kier alpha value is -3.09. The van der Waals surface area contributed by atoms with Crippen LogP contribution >= 0.6 is 0 Å². The fraction of sp³-hybridized carbons (Fsp3) is 0.350. The van der Waals surface area contributed by atoms with Gasteiger partial charge in [0, 0.05) is 5.69 Å². The summed E-state index contributed by atoms with van der Waals surface area (Å²) < 4.78 is 15.5. The minimum Gasteiger partial charge on any atom is -0.482 e. The molecule has 27 heavy (non-hydrogen) atoms. The lowest BCUT2D eigenvalue weighted by atomic mass is 10.1. The van der Waals surface area contributed by atoms with Gasteiger partial charge in [-0.15, -0.1) is 0 Å². The predicted molar refractivity (Wildman–Crippen MR) is 98.0 cm³/mol. The number of esters is 2. The molecule has 2 rings (SSSR count). The van der Waals surface area contributed by atoms with Gasteiger partial charge < -0.3 is 19.2 Å². The zero-order valence-corrected chi connectivity index (χ0v) is 15.8. The van der Waals surface area contributed by atoms with E-state index in [1.807, 2.05) is 6.07 Å². The number of ketones is 1. The summed E-state index contributed by atoms with van der Waals surface area (Å²) in [5.41, 5.74) is 1.55. The van der Waals surface area contributed by atoms with E-state index in [9.17, 15) is 14.4 Å². The number of para-hydroxylation sites is 1. The number of nitrogens with one attached hydrogen (secondary N) is 1. The molecular weight excluding hydrogens is 350 g/mol. The van der Waals surface area contributed by atoms with Gasteiger partial charge in [-0.05, 0) is 45.4 Å². The van der Waals surface area contributed by atoms with Crippen molar-refractivity contribution in [2.75, 3.05) is 13.2 Å². The molecule has 0 fully saturated rings. The molecule has 0 saturated carbocycles. The van der Waals surface area contributed by atoms with Crippen LogP contribution in [0.25, 0.3) is 0 Å². The molecule has 1 atom stereocenters. The van der Waals surface area contributed by atoms with E-state index in [-0.39, 0.29) is 18.9 Å². The normalized spacial score (nSPS) is 11.6. The van der Waals surface area contributed by atoms with Crippen LogP contribution in [0.1, 0.15) is 46.0 Å². The number of hydrogen-bond acceptors (Lipinski definition) is 6. The van der Waals surface area contributed by atoms with Crippen LogP contribution in [-0.4, -0.2) is 42.0 Å². The Morgan fingerprint density at radius 2 is 1.78 bits per heavy atom. The molecule has 1 N–H and O–H groups in total. The number of carbonyl (C=O) groups excluding carboxylic acids is 3. The number of H-pyrrole nitrogens is 1. The van der Waals surface area contributed by atoms with E-state index in [4.69, 9.17) is 14.2 Å². The maximum absolute atomic E-state index is 12.6. The average Bonchev–Trinajstić information content (AvgIpc) is 2.94. The van der Waals surface area contributed by atoms with Crippen LogP contribution < -0.4 is 4.74 Å². The molecule has 0 amide bonds. The van der Waals surface area contributed by atoms with Gasteiger partial charge in [0.25, 0.3) is 0 Å². The monoisotopic (exact) mass is 373 g/mol. The van der Waals surface area contributed by atoms with Crippen LogP contribution in [0.15, 0.2) is 30.3 Å². The van der Waals surface area contributed by atoms with E-state index in [2.05, 4.69) is 4.98 Å². The van der Waals surface area contributed by atoms with Gasteiger partial charge in [-0.1, -0.05) is 18.2 Å². The van der Waals surface area contributed by atoms with E-state index in [0.29, 0.717) is 22.6 Å². The van der Waals surface area contributed by atoms with Crippen molar-refractivity contribution in [2.45, 2.75) is 33.8 Å². The Balaban J connectivity index is 2.01. The van der Waals surface area contributed by atoms with Gasteiger partial charge in [0.15, 0.2) is 12.7 Å². The Morgan fingerprint density at radius 3 is 2.41 bits per heavy atom. The summed E-state index contributed by atoms with van der Waals surface area (Å²) in [5, 5.41) is 0. The van der Waals surface area contributed by atoms with Gasteiger partial charge >= 0.3 is 11.9 Å². The van der Waals surface area contributed by atoms with Gasteiger partial charge in [0.05, 0.1) is 17.9 Å². The largest absolute Gasteiger partial charge is 0.482 e. The minimum absolute atomic E-state index is 0.222. The van der Waals surface area contributed by atoms with Crippen molar-refractivity contribution >= 4 is 17.7 Å². The summed E-state index contributed by atoms with van der Waals surface area (Å²) >= 11 is 0. The van der Waals surface area contributed by atoms with Gasteiger partial charge in [0.2, 0.25) is 5.78 Å². The van der Waals surface area contributed by atoms with Gasteiger partial charge in [0.1, 0.15) is 5.75 Å². The van der Waals surface area contributed by atoms with E-state index < -0.39 is 23.8 Å². The molecule has 0 aliphatic carbocycles. The molecule has 1 aromatic heterocycles. The van der Waals surface area contributed by atoms with Gasteiger partial charge in [-0.3, -0.25) is 4.79 Å². The molecule has 1 heterocycles. The summed E-state index contributed by atoms with van der Waals surface area (Å²) in [7, 11) is 0. The highest BCUT2D eigenvalue weighted by atomic mass is 16.6. The number of aryl methyl sites for hydroxylation is 1. The lowest BCUT2D eigenvalue weighted by Gasteiger charge is -2.13. The number of aromatic amines is 1. The lowest BCUT2D eigenvalue weighted by molar-refractivity contribution is -0.148. The first-order valence-electron chi connectivity index (χ1n) is 8.63. The maximum Gasteiger partial charge on any atom is 0.344 e. The highest BCUT2D eigenvalue weighted by Crippen LogP contribution is 2.21. The molecule has 0 bridgehead atoms. The number of rotatable bonds is 8. The summed E-state index contributed by atoms with van der Waals surface area (Å²) in [6, 6.07) is 8.82. The molecule has 7 nitrogen and oxygen atoms in total. The quantitative estimate of drug-likeness (QED) is 0.565. The van der Waals surface area contributed by atoms with Crippen molar-refractivity contribution in [1.29, 1.82) is 0 Å². The Labute approximate surface area is 157 Å². The fourth-order valence-corrected chi connectivity index (χ4v) is 2.65. The first-order chi connectivity index (χ1) is 12.8. The Bertz CT molecular complexity index is 824. The zero-order chi connectivity index (χ0) is 20.0. The van der Waals surface area contributed by atoms with E-state index >= 15 is 0 Å². The van der Waals surface area contributed by atoms with Crippen molar-refractivity contribution in [3.63, 3.8) is 0 Å². The molecule has 0 saturated heterocycles. The molecule has 0 aliphatic heterocycles. The van der Waals surface area contributed by atoms with Crippen LogP contribution in [0, 0.1) is 13.8 Å². The SMILES string of the molecule is CCOC(=O)c1c(C)[nH]c(C(=O)[C@H](C)OC(=O)COc2ccccc2)c1C. The summed E-state index contributed by atoms with van der Waals surface area (Å²) in [6.45, 7) is 6.44. The second-order valence-corrected chi connectivity index (χ2v) is 5.94. The fourth-order valence-electron chi connectivity index (χ4n) is 2.65. The third-order valence-corrected chi connectivity index (χ3v) is 3.94. The van der Waals surface area contributed by atoms with Gasteiger partial charge in [-0.25, -0.2) is 9.59 Å². The number of Topliss-reactive ketones (excluding diaryl/α,β-unsaturated/α-hetero) is 1. The van der Waals surface area contributed by atoms with Crippen LogP contribution in [0.3, 0.4) is 0 Å². The Morgan fingerprint density at radius 1 is 1.11 bits per heavy atom. The highest BCUT2D eigenvalue weighted by molar-refractivity contribution is 6.04. The van der Waals surface area contributed by atoms with E-state index in [1.54, 1.807) is 45.0 Å². The van der Waals surface area contributed by atoms with Crippen molar-refractivity contribution in [3.05, 3.63) is 52.8 Å². The van der Waals surface area contributed by atoms with Gasteiger partial charge in [-0.2, -0.15) is 0 Å². The maximum atomic E-state index is 12.6. The number of ether oxygens (including phenoxy) is 3. The topological polar surface area (TPSA) is 94.7 Å². The lowest BCUT2D eigenvalue weighted by Crippen LogP contribution is -2.28. The van der Waals surface area contributed by atoms with Crippen molar-refractivity contribution in [1.82, 2.24) is 4.98 Å². The average molecular weight is 373 g/mol. The zero-order valence-electron chi connectivity index (χ0n) is 15.8. The molecule has 0 aliphatic rings. The molecule has 2 aromatic rings. The molecule has 0 unspecified atom stereocenters. The molecular formula is C20H23NO6. The van der Waals surface area contributed by atoms with E-state index in [1.165, 1.54) is 6.92 Å². The van der Waals surface area contributed by atoms with Crippen molar-refractivity contribution < 1.29 is 28.6 Å². The second kappa shape index (κ2) is 9.02. The second-order valence-electron chi connectivity index (χ2n) is 5.94. The standard InChI is InChI=1S/C20H23NO6/c1-5-25-20(24)17-12(2)18(21-13(17)3)19(23)14(4)27-16(22)11-26-15-9-7-6-8-10-15/h6-10,14,21H,5,11H2,1-4H3/t14-/m0/s1. The molecule has 1 aromatic carbocycles. The molecule has 144 valence electrons. The third-order valence-electron chi connectivity index (χ3n) is 3.94. The molecule has 7 heteroatoms. The Kier molecular flexibility index (Phi) is 6.76. The summed E-state index contributed by atoms with van der Waals surface area (Å²) in [6.07, 6.45) is -1.02. The number of benzene rings is 1. The number of hydrogen-bond donors (Lipinski definition) is 1. The first kappa shape index (κ1) is 20.2. The third kappa shape index (κ3) is 4.97. The summed E-state index contributed by atoms with van der Waals surface area (Å²) in [4.78, 5) is 39.5. The first-order valence-corrected chi connectivity index (χ1v) is 8.63. The van der Waals surface area contributed by atoms with Crippen LogP contribution in [0.5, 0.6) is 5.75 Å². The smallest absolute Gasteiger partial charge is 0.344 e. The van der Waals surface area contributed by atoms with E-state index in [0.717, 1.165) is 0 Å². The number of aromatic nitrogens is 1. The molecule has 0 radical (unpaired) electrons. The van der Waals surface area contributed by atoms with Crippen molar-refractivity contribution in [2.24, 2.45) is 0 Å². The number of carbonyl (C=O) groups is 3.